The van der Waals surface area contributed by atoms with Crippen LogP contribution in [0.2, 0.25) is 0 Å². The van der Waals surface area contributed by atoms with E-state index in [2.05, 4.69) is 5.32 Å². The molecule has 0 aliphatic rings. The second-order valence-corrected chi connectivity index (χ2v) is 4.59. The van der Waals surface area contributed by atoms with Crippen molar-refractivity contribution >= 4 is 0 Å². The van der Waals surface area contributed by atoms with Gasteiger partial charge < -0.3 is 0 Å². The van der Waals surface area contributed by atoms with Gasteiger partial charge in [-0.3, -0.25) is 5.32 Å². The fraction of sp³-hybridized carbons (Fsp3) is 0.462. The van der Waals surface area contributed by atoms with E-state index in [9.17, 15) is 17.6 Å². The van der Waals surface area contributed by atoms with E-state index in [-0.39, 0.29) is 11.5 Å². The minimum absolute atomic E-state index is 0.186. The molecule has 0 fully saturated rings. The van der Waals surface area contributed by atoms with Crippen LogP contribution in [-0.4, -0.2) is 6.54 Å². The van der Waals surface area contributed by atoms with Crippen molar-refractivity contribution in [1.82, 2.24) is 5.32 Å². The van der Waals surface area contributed by atoms with Gasteiger partial charge in [0.25, 0.3) is 0 Å². The number of nitrogens with one attached hydrogen (secondary N) is 1. The maximum absolute atomic E-state index is 13.0. The van der Waals surface area contributed by atoms with Gasteiger partial charge in [0.2, 0.25) is 0 Å². The first-order valence-corrected chi connectivity index (χ1v) is 5.75. The third-order valence-corrected chi connectivity index (χ3v) is 2.49. The van der Waals surface area contributed by atoms with Crippen molar-refractivity contribution in [2.24, 2.45) is 5.92 Å². The number of hydrogen-bond acceptors (Lipinski definition) is 2. The number of hydrogen-bond donors (Lipinski definition) is 1. The van der Waals surface area contributed by atoms with E-state index in [4.69, 9.17) is 5.26 Å². The molecule has 0 aliphatic carbocycles. The highest BCUT2D eigenvalue weighted by Gasteiger charge is 2.35. The van der Waals surface area contributed by atoms with Crippen LogP contribution in [0.1, 0.15) is 31.0 Å². The highest BCUT2D eigenvalue weighted by Crippen LogP contribution is 2.35. The van der Waals surface area contributed by atoms with Crippen molar-refractivity contribution in [2.75, 3.05) is 6.54 Å². The molecule has 0 aromatic heterocycles. The molecule has 6 heteroatoms. The Bertz CT molecular complexity index is 475. The van der Waals surface area contributed by atoms with Crippen LogP contribution >= 0.6 is 0 Å². The smallest absolute Gasteiger partial charge is 0.298 e. The summed E-state index contributed by atoms with van der Waals surface area (Å²) in [5.41, 5.74) is -1.37. The van der Waals surface area contributed by atoms with Gasteiger partial charge in [-0.2, -0.15) is 18.4 Å². The molecule has 1 rings (SSSR count). The summed E-state index contributed by atoms with van der Waals surface area (Å²) in [6.45, 7) is 4.14. The van der Waals surface area contributed by atoms with Crippen LogP contribution in [0, 0.1) is 23.1 Å². The van der Waals surface area contributed by atoms with Crippen LogP contribution in [0.15, 0.2) is 18.2 Å². The van der Waals surface area contributed by atoms with Crippen molar-refractivity contribution in [3.63, 3.8) is 0 Å². The van der Waals surface area contributed by atoms with Crippen LogP contribution in [0.4, 0.5) is 17.6 Å². The Labute approximate surface area is 109 Å². The van der Waals surface area contributed by atoms with Gasteiger partial charge in [0.05, 0.1) is 11.6 Å². The first-order valence-electron chi connectivity index (χ1n) is 5.75. The van der Waals surface area contributed by atoms with Crippen LogP contribution in [0.3, 0.4) is 0 Å². The number of halogens is 4. The topological polar surface area (TPSA) is 35.8 Å². The molecule has 1 aromatic rings. The highest BCUT2D eigenvalue weighted by atomic mass is 19.4. The van der Waals surface area contributed by atoms with Crippen molar-refractivity contribution in [3.05, 3.63) is 35.1 Å². The molecule has 19 heavy (non-hydrogen) atoms. The summed E-state index contributed by atoms with van der Waals surface area (Å²) in [5.74, 6) is -0.790. The molecule has 0 radical (unpaired) electrons. The van der Waals surface area contributed by atoms with Gasteiger partial charge in [0.15, 0.2) is 0 Å². The minimum atomic E-state index is -4.69. The zero-order chi connectivity index (χ0) is 14.6. The molecule has 2 nitrogen and oxygen atoms in total. The minimum Gasteiger partial charge on any atom is -0.298 e. The van der Waals surface area contributed by atoms with Crippen molar-refractivity contribution < 1.29 is 17.6 Å². The van der Waals surface area contributed by atoms with E-state index >= 15 is 0 Å². The molecule has 0 aliphatic heterocycles. The second-order valence-electron chi connectivity index (χ2n) is 4.59. The largest absolute Gasteiger partial charge is 0.416 e. The highest BCUT2D eigenvalue weighted by molar-refractivity contribution is 5.35. The Balaban J connectivity index is 3.14. The molecule has 1 aromatic carbocycles. The third kappa shape index (κ3) is 4.21. The first kappa shape index (κ1) is 15.4. The Kier molecular flexibility index (Phi) is 4.90. The van der Waals surface area contributed by atoms with Crippen LogP contribution < -0.4 is 5.32 Å². The van der Waals surface area contributed by atoms with Crippen LogP contribution in [-0.2, 0) is 6.18 Å². The molecule has 1 atom stereocenters. The number of nitrogens with zero attached hydrogens (tertiary/aromatic N) is 1. The normalized spacial score (nSPS) is 13.4. The second kappa shape index (κ2) is 6.02. The first-order chi connectivity index (χ1) is 8.75. The molecule has 0 bridgehead atoms. The Morgan fingerprint density at radius 2 is 1.95 bits per heavy atom. The molecule has 0 saturated carbocycles. The number of rotatable bonds is 4. The van der Waals surface area contributed by atoms with E-state index in [1.54, 1.807) is 6.07 Å². The molecule has 1 unspecified atom stereocenters. The van der Waals surface area contributed by atoms with E-state index in [1.807, 2.05) is 13.8 Å². The molecule has 104 valence electrons. The average Bonchev–Trinajstić information content (AvgIpc) is 2.29. The molecule has 0 amide bonds. The molecule has 0 saturated heterocycles. The van der Waals surface area contributed by atoms with Crippen molar-refractivity contribution in [3.8, 4) is 6.07 Å². The monoisotopic (exact) mass is 274 g/mol. The lowest BCUT2D eigenvalue weighted by atomic mass is 10.00. The predicted molar refractivity (Wildman–Crippen MR) is 62.6 cm³/mol. The van der Waals surface area contributed by atoms with Crippen LogP contribution in [0.5, 0.6) is 0 Å². The summed E-state index contributed by atoms with van der Waals surface area (Å²) in [7, 11) is 0. The number of nitriles is 1. The summed E-state index contributed by atoms with van der Waals surface area (Å²) in [6.07, 6.45) is -4.69. The van der Waals surface area contributed by atoms with Gasteiger partial charge >= 0.3 is 6.18 Å². The van der Waals surface area contributed by atoms with Gasteiger partial charge in [0, 0.05) is 0 Å². The van der Waals surface area contributed by atoms with Gasteiger partial charge in [-0.05, 0) is 30.2 Å². The van der Waals surface area contributed by atoms with Gasteiger partial charge in [-0.1, -0.05) is 19.9 Å². The fourth-order valence-corrected chi connectivity index (χ4v) is 1.60. The van der Waals surface area contributed by atoms with Crippen LogP contribution in [0.25, 0.3) is 0 Å². The Hall–Kier alpha value is -1.61. The summed E-state index contributed by atoms with van der Waals surface area (Å²) < 4.78 is 51.4. The standard InChI is InChI=1S/C13H14F4N2/c1-8(2)7-19-12(6-18)10-4-3-9(14)5-11(10)13(15,16)17/h3-5,8,12,19H,7H2,1-2H3. The van der Waals surface area contributed by atoms with Crippen molar-refractivity contribution in [1.29, 1.82) is 5.26 Å². The van der Waals surface area contributed by atoms with E-state index in [0.717, 1.165) is 12.1 Å². The van der Waals surface area contributed by atoms with Gasteiger partial charge in [0.1, 0.15) is 11.9 Å². The average molecular weight is 274 g/mol. The predicted octanol–water partition coefficient (Wildman–Crippen LogP) is 3.65. The molecule has 0 spiro atoms. The molecule has 1 N–H and O–H groups in total. The van der Waals surface area contributed by atoms with Gasteiger partial charge in [-0.15, -0.1) is 0 Å². The maximum Gasteiger partial charge on any atom is 0.416 e. The molecular weight excluding hydrogens is 260 g/mol. The summed E-state index contributed by atoms with van der Waals surface area (Å²) in [6, 6.07) is 3.00. The van der Waals surface area contributed by atoms with Crippen molar-refractivity contribution in [2.45, 2.75) is 26.1 Å². The zero-order valence-electron chi connectivity index (χ0n) is 10.6. The lowest BCUT2D eigenvalue weighted by Crippen LogP contribution is -2.26. The summed E-state index contributed by atoms with van der Waals surface area (Å²) >= 11 is 0. The maximum atomic E-state index is 13.0. The Morgan fingerprint density at radius 1 is 1.32 bits per heavy atom. The zero-order valence-corrected chi connectivity index (χ0v) is 10.6. The lowest BCUT2D eigenvalue weighted by molar-refractivity contribution is -0.138. The summed E-state index contributed by atoms with van der Waals surface area (Å²) in [5, 5.41) is 11.7. The Morgan fingerprint density at radius 3 is 2.42 bits per heavy atom. The van der Waals surface area contributed by atoms with Gasteiger partial charge in [-0.25, -0.2) is 4.39 Å². The fourth-order valence-electron chi connectivity index (χ4n) is 1.60. The molecule has 0 heterocycles. The SMILES string of the molecule is CC(C)CNC(C#N)c1ccc(F)cc1C(F)(F)F. The third-order valence-electron chi connectivity index (χ3n) is 2.49. The quantitative estimate of drug-likeness (QED) is 0.851. The lowest BCUT2D eigenvalue weighted by Gasteiger charge is -2.18. The van der Waals surface area contributed by atoms with E-state index < -0.39 is 23.6 Å². The summed E-state index contributed by atoms with van der Waals surface area (Å²) in [4.78, 5) is 0. The molecular formula is C13H14F4N2. The number of benzene rings is 1. The number of alkyl halides is 3. The van der Waals surface area contributed by atoms with E-state index in [1.165, 1.54) is 0 Å². The van der Waals surface area contributed by atoms with E-state index in [0.29, 0.717) is 12.6 Å².